The number of morpholine rings is 1. The number of thiophene rings is 1. The molecule has 2 atom stereocenters. The smallest absolute Gasteiger partial charge is 0.264 e. The van der Waals surface area contributed by atoms with Gasteiger partial charge < -0.3 is 9.64 Å². The average Bonchev–Trinajstić information content (AvgIpc) is 2.68. The fraction of sp³-hybridized carbons (Fsp3) is 0.583. The highest BCUT2D eigenvalue weighted by atomic mass is 79.9. The van der Waals surface area contributed by atoms with Crippen molar-refractivity contribution in [2.45, 2.75) is 32.4 Å². The molecular formula is C12H15Br2NO2S. The molecule has 1 amide bonds. The van der Waals surface area contributed by atoms with Crippen LogP contribution in [-0.2, 0) is 4.74 Å². The Hall–Kier alpha value is 0.0900. The van der Waals surface area contributed by atoms with Crippen LogP contribution in [0, 0.1) is 0 Å². The van der Waals surface area contributed by atoms with E-state index >= 15 is 0 Å². The molecule has 100 valence electrons. The Labute approximate surface area is 128 Å². The molecule has 1 aliphatic rings. The van der Waals surface area contributed by atoms with Crippen LogP contribution in [0.1, 0.15) is 29.9 Å². The lowest BCUT2D eigenvalue weighted by Crippen LogP contribution is -2.51. The van der Waals surface area contributed by atoms with Crippen molar-refractivity contribution in [1.29, 1.82) is 0 Å². The van der Waals surface area contributed by atoms with E-state index in [2.05, 4.69) is 38.8 Å². The van der Waals surface area contributed by atoms with E-state index in [0.717, 1.165) is 19.6 Å². The molecule has 0 saturated carbocycles. The summed E-state index contributed by atoms with van der Waals surface area (Å²) in [5.74, 6) is 0.105. The van der Waals surface area contributed by atoms with Crippen LogP contribution in [0.2, 0.25) is 0 Å². The molecule has 1 aliphatic heterocycles. The van der Waals surface area contributed by atoms with E-state index in [4.69, 9.17) is 4.74 Å². The van der Waals surface area contributed by atoms with Crippen molar-refractivity contribution in [3.8, 4) is 0 Å². The summed E-state index contributed by atoms with van der Waals surface area (Å²) < 4.78 is 7.51. The van der Waals surface area contributed by atoms with Gasteiger partial charge >= 0.3 is 0 Å². The third-order valence-corrected chi connectivity index (χ3v) is 6.30. The maximum atomic E-state index is 12.5. The topological polar surface area (TPSA) is 29.5 Å². The van der Waals surface area contributed by atoms with Gasteiger partial charge in [0.15, 0.2) is 0 Å². The number of nitrogens with zero attached hydrogens (tertiary/aromatic N) is 1. The number of carbonyl (C=O) groups is 1. The lowest BCUT2D eigenvalue weighted by molar-refractivity contribution is -0.0442. The van der Waals surface area contributed by atoms with E-state index in [-0.39, 0.29) is 18.1 Å². The summed E-state index contributed by atoms with van der Waals surface area (Å²) in [4.78, 5) is 15.2. The van der Waals surface area contributed by atoms with Crippen molar-refractivity contribution in [3.05, 3.63) is 19.2 Å². The quantitative estimate of drug-likeness (QED) is 0.758. The zero-order valence-corrected chi connectivity index (χ0v) is 14.3. The SMILES string of the molecule is CC[C@@H]1CO[C@H](C)CN1C(=O)c1cc(Br)c(Br)s1. The normalized spacial score (nSPS) is 24.3. The molecule has 1 aromatic rings. The summed E-state index contributed by atoms with van der Waals surface area (Å²) in [7, 11) is 0. The van der Waals surface area contributed by atoms with E-state index in [0.29, 0.717) is 13.2 Å². The van der Waals surface area contributed by atoms with Crippen molar-refractivity contribution in [1.82, 2.24) is 4.90 Å². The van der Waals surface area contributed by atoms with Crippen molar-refractivity contribution < 1.29 is 9.53 Å². The van der Waals surface area contributed by atoms with Gasteiger partial charge in [-0.3, -0.25) is 4.79 Å². The second-order valence-corrected chi connectivity index (χ2v) is 7.62. The summed E-state index contributed by atoms with van der Waals surface area (Å²) in [5, 5.41) is 0. The third kappa shape index (κ3) is 2.98. The molecule has 2 rings (SSSR count). The first-order chi connectivity index (χ1) is 8.52. The predicted octanol–water partition coefficient (Wildman–Crippen LogP) is 3.91. The first-order valence-corrected chi connectivity index (χ1v) is 8.30. The first kappa shape index (κ1) is 14.5. The Kier molecular flexibility index (Phi) is 4.86. The van der Waals surface area contributed by atoms with Crippen molar-refractivity contribution in [2.24, 2.45) is 0 Å². The van der Waals surface area contributed by atoms with E-state index < -0.39 is 0 Å². The van der Waals surface area contributed by atoms with E-state index in [1.165, 1.54) is 11.3 Å². The van der Waals surface area contributed by atoms with Gasteiger partial charge in [0.25, 0.3) is 5.91 Å². The molecule has 0 N–H and O–H groups in total. The van der Waals surface area contributed by atoms with E-state index in [1.54, 1.807) is 0 Å². The monoisotopic (exact) mass is 395 g/mol. The number of ether oxygens (including phenoxy) is 1. The number of carbonyl (C=O) groups excluding carboxylic acids is 1. The summed E-state index contributed by atoms with van der Waals surface area (Å²) in [5.41, 5.74) is 0. The maximum absolute atomic E-state index is 12.5. The molecular weight excluding hydrogens is 382 g/mol. The van der Waals surface area contributed by atoms with Crippen molar-refractivity contribution >= 4 is 49.1 Å². The molecule has 3 nitrogen and oxygen atoms in total. The van der Waals surface area contributed by atoms with Gasteiger partial charge in [0.1, 0.15) is 0 Å². The molecule has 0 aliphatic carbocycles. The molecule has 6 heteroatoms. The second kappa shape index (κ2) is 6.03. The third-order valence-electron chi connectivity index (χ3n) is 3.06. The highest BCUT2D eigenvalue weighted by molar-refractivity contribution is 9.13. The van der Waals surface area contributed by atoms with E-state index in [9.17, 15) is 4.79 Å². The summed E-state index contributed by atoms with van der Waals surface area (Å²) in [6, 6.07) is 2.07. The number of hydrogen-bond acceptors (Lipinski definition) is 3. The summed E-state index contributed by atoms with van der Waals surface area (Å²) in [6.07, 6.45) is 1.04. The average molecular weight is 397 g/mol. The van der Waals surface area contributed by atoms with Crippen LogP contribution >= 0.6 is 43.2 Å². The minimum absolute atomic E-state index is 0.105. The van der Waals surface area contributed by atoms with Crippen LogP contribution in [0.15, 0.2) is 14.3 Å². The second-order valence-electron chi connectivity index (χ2n) is 4.40. The molecule has 18 heavy (non-hydrogen) atoms. The number of hydrogen-bond donors (Lipinski definition) is 0. The molecule has 0 unspecified atom stereocenters. The molecule has 0 radical (unpaired) electrons. The van der Waals surface area contributed by atoms with Gasteiger partial charge in [-0.15, -0.1) is 11.3 Å². The lowest BCUT2D eigenvalue weighted by atomic mass is 10.1. The summed E-state index contributed by atoms with van der Waals surface area (Å²) in [6.45, 7) is 5.40. The van der Waals surface area contributed by atoms with E-state index in [1.807, 2.05) is 17.9 Å². The van der Waals surface area contributed by atoms with Gasteiger partial charge in [-0.05, 0) is 51.3 Å². The minimum atomic E-state index is 0.105. The van der Waals surface area contributed by atoms with Crippen LogP contribution < -0.4 is 0 Å². The van der Waals surface area contributed by atoms with Crippen molar-refractivity contribution in [3.63, 3.8) is 0 Å². The highest BCUT2D eigenvalue weighted by Gasteiger charge is 2.30. The summed E-state index contributed by atoms with van der Waals surface area (Å²) >= 11 is 8.32. The van der Waals surface area contributed by atoms with Crippen LogP contribution in [0.5, 0.6) is 0 Å². The van der Waals surface area contributed by atoms with Gasteiger partial charge in [-0.1, -0.05) is 6.92 Å². The van der Waals surface area contributed by atoms with Crippen LogP contribution in [-0.4, -0.2) is 36.1 Å². The molecule has 0 spiro atoms. The van der Waals surface area contributed by atoms with Gasteiger partial charge in [0.05, 0.1) is 27.4 Å². The fourth-order valence-corrected chi connectivity index (χ4v) is 4.02. The lowest BCUT2D eigenvalue weighted by Gasteiger charge is -2.38. The molecule has 1 fully saturated rings. The number of amides is 1. The predicted molar refractivity (Wildman–Crippen MR) is 80.2 cm³/mol. The Bertz CT molecular complexity index is 430. The highest BCUT2D eigenvalue weighted by Crippen LogP contribution is 2.33. The fourth-order valence-electron chi connectivity index (χ4n) is 2.02. The van der Waals surface area contributed by atoms with Crippen LogP contribution in [0.4, 0.5) is 0 Å². The molecule has 0 bridgehead atoms. The van der Waals surface area contributed by atoms with Gasteiger partial charge in [-0.25, -0.2) is 0 Å². The first-order valence-electron chi connectivity index (χ1n) is 5.90. The Morgan fingerprint density at radius 1 is 1.61 bits per heavy atom. The molecule has 1 saturated heterocycles. The van der Waals surface area contributed by atoms with Gasteiger partial charge in [-0.2, -0.15) is 0 Å². The maximum Gasteiger partial charge on any atom is 0.264 e. The number of rotatable bonds is 2. The standard InChI is InChI=1S/C12H15Br2NO2S/c1-3-8-6-17-7(2)5-15(8)12(16)10-4-9(13)11(14)18-10/h4,7-8H,3,5-6H2,1-2H3/t7-,8-/m1/s1. The van der Waals surface area contributed by atoms with Crippen molar-refractivity contribution in [2.75, 3.05) is 13.2 Å². The molecule has 2 heterocycles. The van der Waals surface area contributed by atoms with Gasteiger partial charge in [0.2, 0.25) is 0 Å². The van der Waals surface area contributed by atoms with Crippen LogP contribution in [0.25, 0.3) is 0 Å². The largest absolute Gasteiger partial charge is 0.375 e. The minimum Gasteiger partial charge on any atom is -0.375 e. The number of halogens is 2. The molecule has 1 aromatic heterocycles. The Morgan fingerprint density at radius 3 is 2.89 bits per heavy atom. The zero-order chi connectivity index (χ0) is 13.3. The zero-order valence-electron chi connectivity index (χ0n) is 10.3. The van der Waals surface area contributed by atoms with Gasteiger partial charge in [0, 0.05) is 11.0 Å². The Balaban J connectivity index is 2.20. The van der Waals surface area contributed by atoms with Crippen LogP contribution in [0.3, 0.4) is 0 Å². The Morgan fingerprint density at radius 2 is 2.33 bits per heavy atom. The molecule has 0 aromatic carbocycles.